The molecule has 0 aromatic rings. The normalized spacial score (nSPS) is 29.9. The second kappa shape index (κ2) is 14.8. The Balaban J connectivity index is 1.50. The molecule has 3 rings (SSSR count). The van der Waals surface area contributed by atoms with Gasteiger partial charge in [0.05, 0.1) is 31.2 Å². The molecular weight excluding hydrogens is 560 g/mol. The molecule has 1 spiro atoms. The lowest BCUT2D eigenvalue weighted by molar-refractivity contribution is -0.121. The summed E-state index contributed by atoms with van der Waals surface area (Å²) in [5.74, 6) is -0.893. The predicted molar refractivity (Wildman–Crippen MR) is 157 cm³/mol. The third-order valence-corrected chi connectivity index (χ3v) is 8.52. The Morgan fingerprint density at radius 3 is 2.42 bits per heavy atom. The summed E-state index contributed by atoms with van der Waals surface area (Å²) < 4.78 is 29.3. The highest BCUT2D eigenvalue weighted by molar-refractivity contribution is 5.92. The lowest BCUT2D eigenvalue weighted by Crippen LogP contribution is -2.56. The third kappa shape index (κ3) is 9.62. The van der Waals surface area contributed by atoms with Gasteiger partial charge in [0.15, 0.2) is 0 Å². The Labute approximate surface area is 254 Å². The first-order valence-corrected chi connectivity index (χ1v) is 15.1. The minimum Gasteiger partial charge on any atom is -0.447 e. The van der Waals surface area contributed by atoms with Gasteiger partial charge in [-0.1, -0.05) is 25.5 Å². The van der Waals surface area contributed by atoms with Crippen molar-refractivity contribution in [2.75, 3.05) is 47.0 Å². The summed E-state index contributed by atoms with van der Waals surface area (Å²) in [6.07, 6.45) is 1.87. The van der Waals surface area contributed by atoms with Crippen molar-refractivity contribution in [1.29, 1.82) is 0 Å². The van der Waals surface area contributed by atoms with Crippen LogP contribution < -0.4 is 16.0 Å². The van der Waals surface area contributed by atoms with Crippen LogP contribution in [0.25, 0.3) is 0 Å². The van der Waals surface area contributed by atoms with Crippen LogP contribution in [0.2, 0.25) is 0 Å². The molecular formula is C30H50N4O9. The van der Waals surface area contributed by atoms with E-state index in [-0.39, 0.29) is 42.6 Å². The van der Waals surface area contributed by atoms with Gasteiger partial charge in [0.25, 0.3) is 0 Å². The van der Waals surface area contributed by atoms with E-state index in [4.69, 9.17) is 23.7 Å². The minimum absolute atomic E-state index is 0.0448. The fraction of sp³-hybridized carbons (Fsp3) is 0.800. The molecule has 2 heterocycles. The number of likely N-dealkylation sites (N-methyl/N-ethyl adjacent to an activating group) is 1. The van der Waals surface area contributed by atoms with Gasteiger partial charge in [-0.15, -0.1) is 0 Å². The second-order valence-electron chi connectivity index (χ2n) is 12.7. The molecule has 3 fully saturated rings. The first-order valence-electron chi connectivity index (χ1n) is 15.1. The quantitative estimate of drug-likeness (QED) is 0.196. The second-order valence-corrected chi connectivity index (χ2v) is 12.7. The topological polar surface area (TPSA) is 160 Å². The summed E-state index contributed by atoms with van der Waals surface area (Å²) in [6.45, 7) is 12.6. The van der Waals surface area contributed by atoms with Gasteiger partial charge in [-0.2, -0.15) is 0 Å². The van der Waals surface area contributed by atoms with E-state index < -0.39 is 41.9 Å². The zero-order chi connectivity index (χ0) is 31.9. The maximum absolute atomic E-state index is 13.0. The fourth-order valence-corrected chi connectivity index (χ4v) is 5.90. The van der Waals surface area contributed by atoms with Crippen LogP contribution in [0.5, 0.6) is 0 Å². The van der Waals surface area contributed by atoms with Crippen molar-refractivity contribution >= 4 is 24.0 Å². The molecule has 1 saturated carbocycles. The lowest BCUT2D eigenvalue weighted by atomic mass is 9.68. The van der Waals surface area contributed by atoms with Crippen LogP contribution in [0.15, 0.2) is 11.6 Å². The van der Waals surface area contributed by atoms with E-state index in [2.05, 4.69) is 42.8 Å². The van der Waals surface area contributed by atoms with Gasteiger partial charge in [0.2, 0.25) is 11.8 Å². The van der Waals surface area contributed by atoms with Gasteiger partial charge in [0, 0.05) is 27.1 Å². The molecule has 13 nitrogen and oxygen atoms in total. The Hall–Kier alpha value is -2.74. The van der Waals surface area contributed by atoms with Crippen molar-refractivity contribution in [3.05, 3.63) is 11.6 Å². The number of epoxide rings is 2. The van der Waals surface area contributed by atoms with Crippen molar-refractivity contribution in [2.24, 2.45) is 11.8 Å². The zero-order valence-corrected chi connectivity index (χ0v) is 26.8. The largest absolute Gasteiger partial charge is 0.447 e. The number of hydrogen-bond acceptors (Lipinski definition) is 10. The van der Waals surface area contributed by atoms with E-state index in [0.717, 1.165) is 12.8 Å². The number of carbonyl (C=O) groups is 4. The minimum atomic E-state index is -0.911. The molecule has 0 bridgehead atoms. The van der Waals surface area contributed by atoms with Crippen molar-refractivity contribution in [1.82, 2.24) is 20.9 Å². The van der Waals surface area contributed by atoms with Crippen molar-refractivity contribution in [3.8, 4) is 0 Å². The van der Waals surface area contributed by atoms with Crippen LogP contribution in [0.1, 0.15) is 60.8 Å². The first kappa shape index (κ1) is 34.7. The number of imide groups is 1. The number of methoxy groups -OCH3 is 1. The highest BCUT2D eigenvalue weighted by Crippen LogP contribution is 2.59. The zero-order valence-electron chi connectivity index (χ0n) is 26.8. The Morgan fingerprint density at radius 2 is 1.84 bits per heavy atom. The van der Waals surface area contributed by atoms with Gasteiger partial charge in [-0.05, 0) is 53.0 Å². The molecule has 244 valence electrons. The molecule has 3 N–H and O–H groups in total. The number of carbonyl (C=O) groups excluding carboxylic acids is 4. The average Bonchev–Trinajstić information content (AvgIpc) is 3.82. The molecule has 2 saturated heterocycles. The maximum atomic E-state index is 13.0. The van der Waals surface area contributed by atoms with Crippen molar-refractivity contribution < 1.29 is 42.9 Å². The van der Waals surface area contributed by atoms with E-state index in [0.29, 0.717) is 26.1 Å². The van der Waals surface area contributed by atoms with E-state index in [1.165, 1.54) is 12.5 Å². The smallest absolute Gasteiger partial charge is 0.413 e. The number of nitrogens with one attached hydrogen (secondary N) is 3. The average molecular weight is 611 g/mol. The molecule has 3 aliphatic rings. The third-order valence-electron chi connectivity index (χ3n) is 8.52. The number of ether oxygens (including phenoxy) is 5. The van der Waals surface area contributed by atoms with Gasteiger partial charge >= 0.3 is 12.2 Å². The van der Waals surface area contributed by atoms with Crippen LogP contribution in [0.4, 0.5) is 9.59 Å². The summed E-state index contributed by atoms with van der Waals surface area (Å²) in [7, 11) is 3.31. The molecule has 0 radical (unpaired) electrons. The lowest BCUT2D eigenvalue weighted by Gasteiger charge is -2.42. The highest BCUT2D eigenvalue weighted by atomic mass is 16.6. The molecule has 4 amide bonds. The van der Waals surface area contributed by atoms with Crippen molar-refractivity contribution in [2.45, 2.75) is 96.4 Å². The Morgan fingerprint density at radius 1 is 1.14 bits per heavy atom. The summed E-state index contributed by atoms with van der Waals surface area (Å²) in [6, 6.07) is -0.551. The van der Waals surface area contributed by atoms with Crippen LogP contribution in [0, 0.1) is 11.8 Å². The molecule has 0 aromatic heterocycles. The maximum Gasteiger partial charge on any atom is 0.413 e. The molecule has 13 heteroatoms. The Kier molecular flexibility index (Phi) is 12.0. The van der Waals surface area contributed by atoms with E-state index >= 15 is 0 Å². The molecule has 4 unspecified atom stereocenters. The number of alkyl carbamates (subject to hydrolysis) is 2. The van der Waals surface area contributed by atoms with E-state index in [1.54, 1.807) is 19.1 Å². The summed E-state index contributed by atoms with van der Waals surface area (Å²) in [4.78, 5) is 50.1. The standard InChI is InChI=1S/C30H50N4O9/c1-18(2)9-10-23-29(6,43-23)26-25(39-8)22(11-12-30(26)17-41-30)42-28(38)32-21(19(3)4)16-40-27(37)33-24(36)15-34(7)14-13-31-20(5)35/h9,19,21-23,25-26H,10-17H2,1-8H3,(H,31,35)(H,32,38)(H,33,36,37)/t21-,22?,23+,25?,26?,29?,30-/m0/s1. The van der Waals surface area contributed by atoms with Crippen molar-refractivity contribution in [3.63, 3.8) is 0 Å². The SMILES string of the molecule is COC1C(OC(=O)N[C@@H](COC(=O)NC(=O)CN(C)CCNC(C)=O)C(C)C)CC[C@]2(CO2)C1C1(C)O[C@@H]1CC=C(C)C. The predicted octanol–water partition coefficient (Wildman–Crippen LogP) is 2.13. The summed E-state index contributed by atoms with van der Waals surface area (Å²) >= 11 is 0. The monoisotopic (exact) mass is 610 g/mol. The number of allylic oxidation sites excluding steroid dienone is 1. The van der Waals surface area contributed by atoms with Gasteiger partial charge in [-0.25, -0.2) is 9.59 Å². The first-order chi connectivity index (χ1) is 20.2. The molecule has 43 heavy (non-hydrogen) atoms. The number of hydrogen-bond donors (Lipinski definition) is 3. The number of amides is 4. The van der Waals surface area contributed by atoms with Crippen LogP contribution in [0.3, 0.4) is 0 Å². The molecule has 7 atom stereocenters. The highest BCUT2D eigenvalue weighted by Gasteiger charge is 2.72. The van der Waals surface area contributed by atoms with Gasteiger partial charge < -0.3 is 34.3 Å². The Bertz CT molecular complexity index is 1040. The van der Waals surface area contributed by atoms with Crippen LogP contribution in [-0.2, 0) is 33.3 Å². The summed E-state index contributed by atoms with van der Waals surface area (Å²) in [5, 5.41) is 7.63. The molecule has 2 aliphatic heterocycles. The van der Waals surface area contributed by atoms with E-state index in [1.807, 2.05) is 13.8 Å². The molecule has 1 aliphatic carbocycles. The van der Waals surface area contributed by atoms with Gasteiger partial charge in [-0.3, -0.25) is 19.8 Å². The van der Waals surface area contributed by atoms with Gasteiger partial charge in [0.1, 0.15) is 30.0 Å². The number of rotatable bonds is 14. The number of nitrogens with zero attached hydrogens (tertiary/aromatic N) is 1. The van der Waals surface area contributed by atoms with E-state index in [9.17, 15) is 19.2 Å². The summed E-state index contributed by atoms with van der Waals surface area (Å²) in [5.41, 5.74) is 0.460. The van der Waals surface area contributed by atoms with Crippen LogP contribution >= 0.6 is 0 Å². The van der Waals surface area contributed by atoms with Crippen LogP contribution in [-0.4, -0.2) is 111 Å². The molecule has 0 aromatic carbocycles. The fourth-order valence-electron chi connectivity index (χ4n) is 5.90.